The zero-order chi connectivity index (χ0) is 20.0. The van der Waals surface area contributed by atoms with E-state index in [0.717, 1.165) is 28.6 Å². The first-order valence-corrected chi connectivity index (χ1v) is 8.08. The number of pyridine rings is 1. The SMILES string of the molecule is Cc1cc2ccnc(Cc3cc(C(F)(F)F)cc(C(F)(F)F)c3)c2cc1C. The topological polar surface area (TPSA) is 12.9 Å². The maximum atomic E-state index is 13.0. The summed E-state index contributed by atoms with van der Waals surface area (Å²) < 4.78 is 78.3. The molecule has 3 rings (SSSR count). The molecule has 0 aliphatic heterocycles. The van der Waals surface area contributed by atoms with Crippen LogP contribution in [-0.4, -0.2) is 4.98 Å². The van der Waals surface area contributed by atoms with Gasteiger partial charge in [0.05, 0.1) is 16.8 Å². The molecule has 0 unspecified atom stereocenters. The summed E-state index contributed by atoms with van der Waals surface area (Å²) in [5.74, 6) is 0. The molecule has 0 aliphatic carbocycles. The first kappa shape index (κ1) is 19.2. The summed E-state index contributed by atoms with van der Waals surface area (Å²) in [6.45, 7) is 3.81. The number of alkyl halides is 6. The van der Waals surface area contributed by atoms with Crippen LogP contribution in [0.2, 0.25) is 0 Å². The van der Waals surface area contributed by atoms with Gasteiger partial charge in [0.1, 0.15) is 0 Å². The van der Waals surface area contributed by atoms with Crippen LogP contribution in [0.15, 0.2) is 42.6 Å². The molecule has 1 heterocycles. The van der Waals surface area contributed by atoms with Gasteiger partial charge in [-0.05, 0) is 66.3 Å². The van der Waals surface area contributed by atoms with Gasteiger partial charge >= 0.3 is 12.4 Å². The molecule has 7 heteroatoms. The number of nitrogens with zero attached hydrogens (tertiary/aromatic N) is 1. The van der Waals surface area contributed by atoms with E-state index in [1.807, 2.05) is 26.0 Å². The smallest absolute Gasteiger partial charge is 0.260 e. The van der Waals surface area contributed by atoms with Crippen LogP contribution in [0.3, 0.4) is 0 Å². The fraction of sp³-hybridized carbons (Fsp3) is 0.250. The van der Waals surface area contributed by atoms with E-state index in [-0.39, 0.29) is 18.1 Å². The molecule has 0 radical (unpaired) electrons. The lowest BCUT2D eigenvalue weighted by Gasteiger charge is -2.15. The predicted molar refractivity (Wildman–Crippen MR) is 90.5 cm³/mol. The molecule has 1 aromatic heterocycles. The van der Waals surface area contributed by atoms with Crippen molar-refractivity contribution >= 4 is 10.8 Å². The van der Waals surface area contributed by atoms with E-state index < -0.39 is 23.5 Å². The van der Waals surface area contributed by atoms with Crippen LogP contribution in [-0.2, 0) is 18.8 Å². The fourth-order valence-corrected chi connectivity index (χ4v) is 2.96. The summed E-state index contributed by atoms with van der Waals surface area (Å²) in [5.41, 5.74) is -0.285. The summed E-state index contributed by atoms with van der Waals surface area (Å²) >= 11 is 0. The highest BCUT2D eigenvalue weighted by Gasteiger charge is 2.36. The highest BCUT2D eigenvalue weighted by molar-refractivity contribution is 5.86. The third kappa shape index (κ3) is 4.07. The third-order valence-corrected chi connectivity index (χ3v) is 4.48. The number of fused-ring (bicyclic) bond motifs is 1. The Morgan fingerprint density at radius 1 is 0.778 bits per heavy atom. The second-order valence-corrected chi connectivity index (χ2v) is 6.51. The van der Waals surface area contributed by atoms with E-state index in [0.29, 0.717) is 11.1 Å². The van der Waals surface area contributed by atoms with Crippen molar-refractivity contribution in [2.24, 2.45) is 0 Å². The van der Waals surface area contributed by atoms with E-state index >= 15 is 0 Å². The normalized spacial score (nSPS) is 12.6. The molecule has 0 fully saturated rings. The van der Waals surface area contributed by atoms with E-state index in [1.54, 1.807) is 6.07 Å². The van der Waals surface area contributed by atoms with Gasteiger partial charge in [-0.25, -0.2) is 0 Å². The number of halogens is 6. The second-order valence-electron chi connectivity index (χ2n) is 6.51. The van der Waals surface area contributed by atoms with Crippen LogP contribution in [0.4, 0.5) is 26.3 Å². The van der Waals surface area contributed by atoms with E-state index in [1.165, 1.54) is 6.20 Å². The maximum absolute atomic E-state index is 13.0. The number of hydrogen-bond acceptors (Lipinski definition) is 1. The fourth-order valence-electron chi connectivity index (χ4n) is 2.96. The summed E-state index contributed by atoms with van der Waals surface area (Å²) in [6.07, 6.45) is -8.36. The van der Waals surface area contributed by atoms with Gasteiger partial charge in [0.15, 0.2) is 0 Å². The standard InChI is InChI=1S/C20H15F6N/c1-11-5-14-3-4-27-18(17(14)6-12(11)2)9-13-7-15(19(21,22)23)10-16(8-13)20(24,25)26/h3-8,10H,9H2,1-2H3. The van der Waals surface area contributed by atoms with E-state index in [2.05, 4.69) is 4.98 Å². The van der Waals surface area contributed by atoms with Gasteiger partial charge in [0.2, 0.25) is 0 Å². The molecular formula is C20H15F6N. The molecule has 0 atom stereocenters. The zero-order valence-electron chi connectivity index (χ0n) is 14.5. The van der Waals surface area contributed by atoms with Gasteiger partial charge in [-0.1, -0.05) is 6.07 Å². The molecule has 0 bridgehead atoms. The van der Waals surface area contributed by atoms with Gasteiger partial charge in [-0.2, -0.15) is 26.3 Å². The average Bonchev–Trinajstić information content (AvgIpc) is 2.55. The number of rotatable bonds is 2. The summed E-state index contributed by atoms with van der Waals surface area (Å²) in [7, 11) is 0. The monoisotopic (exact) mass is 383 g/mol. The minimum atomic E-state index is -4.87. The molecule has 0 saturated carbocycles. The van der Waals surface area contributed by atoms with Crippen molar-refractivity contribution in [1.29, 1.82) is 0 Å². The lowest BCUT2D eigenvalue weighted by Crippen LogP contribution is -2.12. The van der Waals surface area contributed by atoms with Gasteiger partial charge in [-0.15, -0.1) is 0 Å². The van der Waals surface area contributed by atoms with Crippen LogP contribution < -0.4 is 0 Å². The predicted octanol–water partition coefficient (Wildman–Crippen LogP) is 6.48. The first-order valence-electron chi connectivity index (χ1n) is 8.08. The number of aryl methyl sites for hydroxylation is 2. The molecule has 0 N–H and O–H groups in total. The molecule has 0 spiro atoms. The number of aromatic nitrogens is 1. The lowest BCUT2D eigenvalue weighted by molar-refractivity contribution is -0.143. The molecule has 0 amide bonds. The molecule has 142 valence electrons. The summed E-state index contributed by atoms with van der Waals surface area (Å²) in [6, 6.07) is 7.16. The Balaban J connectivity index is 2.13. The van der Waals surface area contributed by atoms with Crippen molar-refractivity contribution in [2.75, 3.05) is 0 Å². The maximum Gasteiger partial charge on any atom is 0.416 e. The molecular weight excluding hydrogens is 368 g/mol. The Kier molecular flexibility index (Phi) is 4.66. The van der Waals surface area contributed by atoms with Crippen molar-refractivity contribution < 1.29 is 26.3 Å². The van der Waals surface area contributed by atoms with E-state index in [4.69, 9.17) is 0 Å². The Hall–Kier alpha value is -2.57. The zero-order valence-corrected chi connectivity index (χ0v) is 14.5. The Labute approximate surface area is 151 Å². The summed E-state index contributed by atoms with van der Waals surface area (Å²) in [5, 5.41) is 1.55. The molecule has 2 aromatic carbocycles. The van der Waals surface area contributed by atoms with Crippen molar-refractivity contribution in [3.63, 3.8) is 0 Å². The minimum Gasteiger partial charge on any atom is -0.260 e. The Bertz CT molecular complexity index is 970. The lowest BCUT2D eigenvalue weighted by atomic mass is 9.97. The van der Waals surface area contributed by atoms with Gasteiger partial charge in [0, 0.05) is 18.0 Å². The Morgan fingerprint density at radius 2 is 1.33 bits per heavy atom. The van der Waals surface area contributed by atoms with Crippen molar-refractivity contribution in [3.8, 4) is 0 Å². The van der Waals surface area contributed by atoms with Crippen molar-refractivity contribution in [2.45, 2.75) is 32.6 Å². The van der Waals surface area contributed by atoms with Crippen LogP contribution in [0.1, 0.15) is 33.5 Å². The van der Waals surface area contributed by atoms with Gasteiger partial charge in [0.25, 0.3) is 0 Å². The van der Waals surface area contributed by atoms with Crippen LogP contribution >= 0.6 is 0 Å². The third-order valence-electron chi connectivity index (χ3n) is 4.48. The molecule has 27 heavy (non-hydrogen) atoms. The molecule has 0 saturated heterocycles. The summed E-state index contributed by atoms with van der Waals surface area (Å²) in [4.78, 5) is 4.19. The van der Waals surface area contributed by atoms with Crippen molar-refractivity contribution in [1.82, 2.24) is 4.98 Å². The highest BCUT2D eigenvalue weighted by Crippen LogP contribution is 2.37. The average molecular weight is 383 g/mol. The first-order chi connectivity index (χ1) is 12.4. The molecule has 0 aliphatic rings. The van der Waals surface area contributed by atoms with E-state index in [9.17, 15) is 26.3 Å². The highest BCUT2D eigenvalue weighted by atomic mass is 19.4. The van der Waals surface area contributed by atoms with Gasteiger partial charge in [-0.3, -0.25) is 4.98 Å². The molecule has 3 aromatic rings. The second kappa shape index (κ2) is 6.55. The van der Waals surface area contributed by atoms with Crippen LogP contribution in [0.25, 0.3) is 10.8 Å². The largest absolute Gasteiger partial charge is 0.416 e. The number of hydrogen-bond donors (Lipinski definition) is 0. The number of benzene rings is 2. The van der Waals surface area contributed by atoms with Gasteiger partial charge < -0.3 is 0 Å². The van der Waals surface area contributed by atoms with Crippen molar-refractivity contribution in [3.05, 3.63) is 76.1 Å². The van der Waals surface area contributed by atoms with Crippen LogP contribution in [0.5, 0.6) is 0 Å². The Morgan fingerprint density at radius 3 is 1.89 bits per heavy atom. The quantitative estimate of drug-likeness (QED) is 0.462. The minimum absolute atomic E-state index is 0.0876. The van der Waals surface area contributed by atoms with Crippen LogP contribution in [0, 0.1) is 13.8 Å². The molecule has 1 nitrogen and oxygen atoms in total.